The van der Waals surface area contributed by atoms with E-state index >= 15 is 0 Å². The van der Waals surface area contributed by atoms with Crippen molar-refractivity contribution in [3.8, 4) is 0 Å². The Morgan fingerprint density at radius 2 is 1.90 bits per heavy atom. The fourth-order valence-corrected chi connectivity index (χ4v) is 3.47. The molecule has 0 N–H and O–H groups in total. The van der Waals surface area contributed by atoms with Crippen LogP contribution in [0.1, 0.15) is 10.4 Å². The zero-order valence-electron chi connectivity index (χ0n) is 10.8. The van der Waals surface area contributed by atoms with E-state index in [1.807, 2.05) is 17.5 Å². The first-order valence-corrected chi connectivity index (χ1v) is 7.86. The summed E-state index contributed by atoms with van der Waals surface area (Å²) in [5, 5.41) is 1.61. The first kappa shape index (κ1) is 14.0. The van der Waals surface area contributed by atoms with Crippen LogP contribution >= 0.6 is 23.1 Å². The molecule has 0 unspecified atom stereocenters. The van der Waals surface area contributed by atoms with E-state index in [-0.39, 0.29) is 23.5 Å². The molecule has 2 amide bonds. The van der Waals surface area contributed by atoms with Gasteiger partial charge in [0.1, 0.15) is 5.82 Å². The van der Waals surface area contributed by atoms with Gasteiger partial charge < -0.3 is 0 Å². The molecule has 1 aliphatic rings. The number of carbonyl (C=O) groups excluding carboxylic acids is 2. The van der Waals surface area contributed by atoms with Gasteiger partial charge in [0.2, 0.25) is 0 Å². The number of thioether (sulfide) groups is 1. The molecule has 1 fully saturated rings. The summed E-state index contributed by atoms with van der Waals surface area (Å²) in [4.78, 5) is 26.7. The minimum atomic E-state index is -0.342. The third-order valence-corrected chi connectivity index (χ3v) is 4.67. The molecule has 0 bridgehead atoms. The molecule has 2 heterocycles. The van der Waals surface area contributed by atoms with Gasteiger partial charge in [-0.1, -0.05) is 18.2 Å². The molecule has 1 aliphatic heterocycles. The highest BCUT2D eigenvalue weighted by molar-refractivity contribution is 8.18. The van der Waals surface area contributed by atoms with Crippen molar-refractivity contribution in [1.29, 1.82) is 0 Å². The van der Waals surface area contributed by atoms with Crippen LogP contribution < -0.4 is 0 Å². The van der Waals surface area contributed by atoms with Crippen LogP contribution in [0.25, 0.3) is 6.08 Å². The number of benzene rings is 1. The Balaban J connectivity index is 1.79. The first-order valence-electron chi connectivity index (χ1n) is 6.17. The van der Waals surface area contributed by atoms with Crippen molar-refractivity contribution in [2.24, 2.45) is 0 Å². The summed E-state index contributed by atoms with van der Waals surface area (Å²) < 4.78 is 12.9. The molecule has 0 spiro atoms. The van der Waals surface area contributed by atoms with Crippen molar-refractivity contribution in [2.45, 2.75) is 6.54 Å². The van der Waals surface area contributed by atoms with E-state index < -0.39 is 0 Å². The Bertz CT molecular complexity index is 708. The van der Waals surface area contributed by atoms with E-state index in [9.17, 15) is 14.0 Å². The maximum absolute atomic E-state index is 12.9. The monoisotopic (exact) mass is 319 g/mol. The summed E-state index contributed by atoms with van der Waals surface area (Å²) in [6, 6.07) is 9.55. The number of carbonyl (C=O) groups is 2. The number of halogens is 1. The van der Waals surface area contributed by atoms with Crippen LogP contribution in [0, 0.1) is 5.82 Å². The smallest absolute Gasteiger partial charge is 0.268 e. The minimum Gasteiger partial charge on any atom is -0.268 e. The van der Waals surface area contributed by atoms with Crippen molar-refractivity contribution >= 4 is 40.3 Å². The fraction of sp³-hybridized carbons (Fsp3) is 0.0667. The standard InChI is InChI=1S/C15H10FNO2S2/c16-11-5-3-10(4-6-11)9-17-14(18)13(21-15(17)19)8-12-2-1-7-20-12/h1-8H,9H2. The number of rotatable bonds is 3. The van der Waals surface area contributed by atoms with Gasteiger partial charge in [-0.25, -0.2) is 4.39 Å². The lowest BCUT2D eigenvalue weighted by Crippen LogP contribution is -2.27. The van der Waals surface area contributed by atoms with Crippen molar-refractivity contribution in [2.75, 3.05) is 0 Å². The van der Waals surface area contributed by atoms with Gasteiger partial charge in [0.25, 0.3) is 11.1 Å². The Morgan fingerprint density at radius 1 is 1.14 bits per heavy atom. The summed E-state index contributed by atoms with van der Waals surface area (Å²) in [7, 11) is 0. The van der Waals surface area contributed by atoms with Gasteiger partial charge in [-0.2, -0.15) is 0 Å². The van der Waals surface area contributed by atoms with Crippen LogP contribution in [0.5, 0.6) is 0 Å². The number of imide groups is 1. The van der Waals surface area contributed by atoms with Gasteiger partial charge in [0.15, 0.2) is 0 Å². The minimum absolute atomic E-state index is 0.159. The largest absolute Gasteiger partial charge is 0.293 e. The Kier molecular flexibility index (Phi) is 3.90. The number of nitrogens with zero attached hydrogens (tertiary/aromatic N) is 1. The van der Waals surface area contributed by atoms with Crippen molar-refractivity contribution in [3.05, 3.63) is 62.9 Å². The molecule has 3 rings (SSSR count). The van der Waals surface area contributed by atoms with E-state index in [1.165, 1.54) is 28.4 Å². The van der Waals surface area contributed by atoms with Crippen LogP contribution in [0.3, 0.4) is 0 Å². The maximum Gasteiger partial charge on any atom is 0.293 e. The first-order chi connectivity index (χ1) is 10.1. The average molecular weight is 319 g/mol. The Morgan fingerprint density at radius 3 is 2.57 bits per heavy atom. The maximum atomic E-state index is 12.9. The van der Waals surface area contributed by atoms with Gasteiger partial charge in [0, 0.05) is 4.88 Å². The van der Waals surface area contributed by atoms with Crippen LogP contribution in [0.4, 0.5) is 9.18 Å². The lowest BCUT2D eigenvalue weighted by atomic mass is 10.2. The van der Waals surface area contributed by atoms with Crippen molar-refractivity contribution in [1.82, 2.24) is 4.90 Å². The van der Waals surface area contributed by atoms with Crippen molar-refractivity contribution < 1.29 is 14.0 Å². The molecule has 1 aromatic heterocycles. The van der Waals surface area contributed by atoms with Crippen LogP contribution in [0.2, 0.25) is 0 Å². The Labute approximate surface area is 129 Å². The zero-order valence-corrected chi connectivity index (χ0v) is 12.4. The number of hydrogen-bond acceptors (Lipinski definition) is 4. The molecule has 0 atom stereocenters. The Hall–Kier alpha value is -1.92. The molecule has 3 nitrogen and oxygen atoms in total. The van der Waals surface area contributed by atoms with Crippen LogP contribution in [-0.2, 0) is 11.3 Å². The fourth-order valence-electron chi connectivity index (χ4n) is 1.91. The van der Waals surface area contributed by atoms with E-state index in [1.54, 1.807) is 18.2 Å². The molecule has 21 heavy (non-hydrogen) atoms. The molecule has 1 aromatic carbocycles. The summed E-state index contributed by atoms with van der Waals surface area (Å²) in [6.45, 7) is 0.159. The lowest BCUT2D eigenvalue weighted by molar-refractivity contribution is -0.123. The summed E-state index contributed by atoms with van der Waals surface area (Å²) >= 11 is 2.44. The molecule has 0 radical (unpaired) electrons. The second-order valence-electron chi connectivity index (χ2n) is 4.41. The zero-order chi connectivity index (χ0) is 14.8. The topological polar surface area (TPSA) is 37.4 Å². The quantitative estimate of drug-likeness (QED) is 0.799. The molecule has 6 heteroatoms. The highest BCUT2D eigenvalue weighted by Gasteiger charge is 2.34. The van der Waals surface area contributed by atoms with Crippen LogP contribution in [-0.4, -0.2) is 16.0 Å². The molecule has 106 valence electrons. The van der Waals surface area contributed by atoms with Gasteiger partial charge in [-0.3, -0.25) is 14.5 Å². The third kappa shape index (κ3) is 3.06. The summed E-state index contributed by atoms with van der Waals surface area (Å²) in [5.41, 5.74) is 0.719. The predicted molar refractivity (Wildman–Crippen MR) is 82.2 cm³/mol. The second kappa shape index (κ2) is 5.83. The lowest BCUT2D eigenvalue weighted by Gasteiger charge is -2.12. The van der Waals surface area contributed by atoms with E-state index in [0.717, 1.165) is 22.2 Å². The third-order valence-electron chi connectivity index (χ3n) is 2.94. The van der Waals surface area contributed by atoms with Crippen molar-refractivity contribution in [3.63, 3.8) is 0 Å². The molecule has 1 saturated heterocycles. The van der Waals surface area contributed by atoms with E-state index in [4.69, 9.17) is 0 Å². The van der Waals surface area contributed by atoms with Gasteiger partial charge >= 0.3 is 0 Å². The van der Waals surface area contributed by atoms with Gasteiger partial charge in [-0.05, 0) is 47.0 Å². The molecule has 0 saturated carbocycles. The number of hydrogen-bond donors (Lipinski definition) is 0. The van der Waals surface area contributed by atoms with Gasteiger partial charge in [-0.15, -0.1) is 11.3 Å². The van der Waals surface area contributed by atoms with E-state index in [0.29, 0.717) is 4.91 Å². The predicted octanol–water partition coefficient (Wildman–Crippen LogP) is 4.12. The molecule has 2 aromatic rings. The van der Waals surface area contributed by atoms with Gasteiger partial charge in [0.05, 0.1) is 11.4 Å². The summed E-state index contributed by atoms with van der Waals surface area (Å²) in [5.74, 6) is -0.645. The normalized spacial score (nSPS) is 17.0. The average Bonchev–Trinajstić information content (AvgIpc) is 3.06. The number of amides is 2. The molecular formula is C15H10FNO2S2. The highest BCUT2D eigenvalue weighted by atomic mass is 32.2. The summed E-state index contributed by atoms with van der Waals surface area (Å²) in [6.07, 6.45) is 1.72. The highest BCUT2D eigenvalue weighted by Crippen LogP contribution is 2.33. The van der Waals surface area contributed by atoms with Crippen LogP contribution in [0.15, 0.2) is 46.7 Å². The SMILES string of the molecule is O=C1SC(=Cc2cccs2)C(=O)N1Cc1ccc(F)cc1. The second-order valence-corrected chi connectivity index (χ2v) is 6.38. The number of thiophene rings is 1. The molecule has 0 aliphatic carbocycles. The molecular weight excluding hydrogens is 309 g/mol. The van der Waals surface area contributed by atoms with E-state index in [2.05, 4.69) is 0 Å².